The molecule has 0 saturated heterocycles. The Morgan fingerprint density at radius 1 is 1.23 bits per heavy atom. The molecule has 0 spiro atoms. The molecule has 7 heteroatoms. The van der Waals surface area contributed by atoms with E-state index in [1.54, 1.807) is 6.92 Å². The maximum atomic E-state index is 11.7. The molecule has 1 saturated carbocycles. The molecule has 0 unspecified atom stereocenters. The summed E-state index contributed by atoms with van der Waals surface area (Å²) in [7, 11) is 0. The quantitative estimate of drug-likeness (QED) is 0.913. The fourth-order valence-corrected chi connectivity index (χ4v) is 3.63. The predicted molar refractivity (Wildman–Crippen MR) is 98.6 cm³/mol. The zero-order chi connectivity index (χ0) is 18.1. The van der Waals surface area contributed by atoms with E-state index in [4.69, 9.17) is 4.98 Å². The van der Waals surface area contributed by atoms with E-state index in [0.29, 0.717) is 25.0 Å². The molecule has 26 heavy (non-hydrogen) atoms. The van der Waals surface area contributed by atoms with Crippen molar-refractivity contribution in [2.75, 3.05) is 11.9 Å². The van der Waals surface area contributed by atoms with Gasteiger partial charge >= 0.3 is 0 Å². The third kappa shape index (κ3) is 3.57. The van der Waals surface area contributed by atoms with Gasteiger partial charge in [-0.05, 0) is 38.3 Å². The van der Waals surface area contributed by atoms with Gasteiger partial charge in [-0.2, -0.15) is 5.10 Å². The second-order valence-corrected chi connectivity index (χ2v) is 7.38. The molecule has 2 aromatic heterocycles. The number of nitrogens with one attached hydrogen (secondary N) is 1. The summed E-state index contributed by atoms with van der Waals surface area (Å²) in [6.45, 7) is 6.52. The van der Waals surface area contributed by atoms with Crippen molar-refractivity contribution in [2.24, 2.45) is 0 Å². The fraction of sp³-hybridized carbons (Fsp3) is 0.579. The van der Waals surface area contributed by atoms with Crippen molar-refractivity contribution in [1.82, 2.24) is 24.6 Å². The van der Waals surface area contributed by atoms with Crippen LogP contribution in [0.1, 0.15) is 61.3 Å². The van der Waals surface area contributed by atoms with Gasteiger partial charge in [0.2, 0.25) is 11.9 Å². The highest BCUT2D eigenvalue weighted by molar-refractivity contribution is 5.73. The molecule has 1 aliphatic carbocycles. The molecule has 7 nitrogen and oxygen atoms in total. The molecule has 0 atom stereocenters. The predicted octanol–water partition coefficient (Wildman–Crippen LogP) is 2.61. The second-order valence-electron chi connectivity index (χ2n) is 7.38. The van der Waals surface area contributed by atoms with Crippen LogP contribution >= 0.6 is 0 Å². The molecule has 1 N–H and O–H groups in total. The molecular formula is C19H26N6O. The van der Waals surface area contributed by atoms with Crippen molar-refractivity contribution >= 4 is 11.9 Å². The molecule has 4 rings (SSSR count). The Hall–Kier alpha value is -2.44. The summed E-state index contributed by atoms with van der Waals surface area (Å²) in [5, 5.41) is 8.01. The lowest BCUT2D eigenvalue weighted by molar-refractivity contribution is -0.129. The van der Waals surface area contributed by atoms with E-state index in [-0.39, 0.29) is 5.91 Å². The van der Waals surface area contributed by atoms with Crippen molar-refractivity contribution in [3.63, 3.8) is 0 Å². The highest BCUT2D eigenvalue weighted by Crippen LogP contribution is 2.35. The SMILES string of the molecule is CC(=O)N1CCCn2nc(CNc3nc(C)cc(C4CCC4)n3)cc2C1. The Morgan fingerprint density at radius 2 is 2.08 bits per heavy atom. The zero-order valence-electron chi connectivity index (χ0n) is 15.5. The number of aromatic nitrogens is 4. The van der Waals surface area contributed by atoms with E-state index < -0.39 is 0 Å². The number of nitrogens with zero attached hydrogens (tertiary/aromatic N) is 5. The van der Waals surface area contributed by atoms with Crippen LogP contribution < -0.4 is 5.32 Å². The Bertz CT molecular complexity index is 810. The van der Waals surface area contributed by atoms with E-state index >= 15 is 0 Å². The van der Waals surface area contributed by atoms with Gasteiger partial charge in [-0.15, -0.1) is 0 Å². The third-order valence-corrected chi connectivity index (χ3v) is 5.34. The van der Waals surface area contributed by atoms with Crippen LogP contribution in [0.3, 0.4) is 0 Å². The molecular weight excluding hydrogens is 328 g/mol. The van der Waals surface area contributed by atoms with Crippen LogP contribution in [0.2, 0.25) is 0 Å². The lowest BCUT2D eigenvalue weighted by Crippen LogP contribution is -2.28. The van der Waals surface area contributed by atoms with E-state index in [1.807, 2.05) is 16.5 Å². The number of hydrogen-bond acceptors (Lipinski definition) is 5. The van der Waals surface area contributed by atoms with E-state index in [1.165, 1.54) is 19.3 Å². The van der Waals surface area contributed by atoms with Crippen molar-refractivity contribution in [1.29, 1.82) is 0 Å². The first-order valence-corrected chi connectivity index (χ1v) is 9.49. The average Bonchev–Trinajstić information content (AvgIpc) is 2.81. The van der Waals surface area contributed by atoms with Crippen LogP contribution in [0.25, 0.3) is 0 Å². The number of fused-ring (bicyclic) bond motifs is 1. The van der Waals surface area contributed by atoms with Crippen LogP contribution in [0.4, 0.5) is 5.95 Å². The van der Waals surface area contributed by atoms with Gasteiger partial charge in [0.05, 0.1) is 24.5 Å². The Morgan fingerprint density at radius 3 is 2.81 bits per heavy atom. The summed E-state index contributed by atoms with van der Waals surface area (Å²) >= 11 is 0. The van der Waals surface area contributed by atoms with Gasteiger partial charge in [-0.3, -0.25) is 9.48 Å². The molecule has 0 bridgehead atoms. The van der Waals surface area contributed by atoms with Gasteiger partial charge in [0, 0.05) is 37.3 Å². The van der Waals surface area contributed by atoms with Gasteiger partial charge in [0.15, 0.2) is 0 Å². The Kier molecular flexibility index (Phi) is 4.61. The first kappa shape index (κ1) is 17.0. The average molecular weight is 354 g/mol. The third-order valence-electron chi connectivity index (χ3n) is 5.34. The summed E-state index contributed by atoms with van der Waals surface area (Å²) in [6.07, 6.45) is 4.70. The summed E-state index contributed by atoms with van der Waals surface area (Å²) in [4.78, 5) is 22.8. The highest BCUT2D eigenvalue weighted by atomic mass is 16.2. The molecule has 0 radical (unpaired) electrons. The van der Waals surface area contributed by atoms with Crippen molar-refractivity contribution in [2.45, 2.75) is 65.1 Å². The van der Waals surface area contributed by atoms with Crippen molar-refractivity contribution < 1.29 is 4.79 Å². The fourth-order valence-electron chi connectivity index (χ4n) is 3.63. The maximum absolute atomic E-state index is 11.7. The number of hydrogen-bond donors (Lipinski definition) is 1. The molecule has 1 fully saturated rings. The number of amides is 1. The molecule has 1 amide bonds. The van der Waals surface area contributed by atoms with Crippen LogP contribution in [0.15, 0.2) is 12.1 Å². The monoisotopic (exact) mass is 354 g/mol. The van der Waals surface area contributed by atoms with E-state index in [0.717, 1.165) is 42.3 Å². The van der Waals surface area contributed by atoms with Crippen molar-refractivity contribution in [3.8, 4) is 0 Å². The summed E-state index contributed by atoms with van der Waals surface area (Å²) in [6, 6.07) is 4.18. The zero-order valence-corrected chi connectivity index (χ0v) is 15.5. The summed E-state index contributed by atoms with van der Waals surface area (Å²) in [5.74, 6) is 1.40. The van der Waals surface area contributed by atoms with E-state index in [9.17, 15) is 4.79 Å². The van der Waals surface area contributed by atoms with Gasteiger partial charge in [0.1, 0.15) is 0 Å². The van der Waals surface area contributed by atoms with E-state index in [2.05, 4.69) is 27.5 Å². The lowest BCUT2D eigenvalue weighted by Gasteiger charge is -2.25. The first-order valence-electron chi connectivity index (χ1n) is 9.49. The summed E-state index contributed by atoms with van der Waals surface area (Å²) in [5.41, 5.74) is 4.21. The smallest absolute Gasteiger partial charge is 0.223 e. The highest BCUT2D eigenvalue weighted by Gasteiger charge is 2.22. The van der Waals surface area contributed by atoms with Crippen LogP contribution in [0, 0.1) is 6.92 Å². The molecule has 1 aliphatic heterocycles. The number of carbonyl (C=O) groups excluding carboxylic acids is 1. The molecule has 3 heterocycles. The topological polar surface area (TPSA) is 75.9 Å². The normalized spacial score (nSPS) is 17.4. The summed E-state index contributed by atoms with van der Waals surface area (Å²) < 4.78 is 2.02. The second kappa shape index (κ2) is 7.05. The standard InChI is InChI=1S/C19H26N6O/c1-13-9-18(15-5-3-6-15)22-19(21-13)20-11-16-10-17-12-24(14(2)26)7-4-8-25(17)23-16/h9-10,15H,3-8,11-12H2,1-2H3,(H,20,21,22). The number of carbonyl (C=O) groups is 1. The van der Waals surface area contributed by atoms with Crippen LogP contribution in [-0.2, 0) is 24.4 Å². The molecule has 0 aromatic carbocycles. The largest absolute Gasteiger partial charge is 0.348 e. The molecule has 2 aliphatic rings. The maximum Gasteiger partial charge on any atom is 0.223 e. The minimum atomic E-state index is 0.121. The molecule has 2 aromatic rings. The van der Waals surface area contributed by atoms with Crippen LogP contribution in [0.5, 0.6) is 0 Å². The Balaban J connectivity index is 1.45. The number of anilines is 1. The van der Waals surface area contributed by atoms with Gasteiger partial charge in [-0.1, -0.05) is 6.42 Å². The van der Waals surface area contributed by atoms with Gasteiger partial charge in [0.25, 0.3) is 0 Å². The Labute approximate surface area is 153 Å². The minimum absolute atomic E-state index is 0.121. The number of aryl methyl sites for hydroxylation is 2. The first-order chi connectivity index (χ1) is 12.6. The van der Waals surface area contributed by atoms with Gasteiger partial charge < -0.3 is 10.2 Å². The molecule has 138 valence electrons. The van der Waals surface area contributed by atoms with Crippen molar-refractivity contribution in [3.05, 3.63) is 34.9 Å². The van der Waals surface area contributed by atoms with Crippen LogP contribution in [-0.4, -0.2) is 37.1 Å². The van der Waals surface area contributed by atoms with Gasteiger partial charge in [-0.25, -0.2) is 9.97 Å². The minimum Gasteiger partial charge on any atom is -0.348 e. The lowest BCUT2D eigenvalue weighted by atomic mass is 9.83. The number of rotatable bonds is 4.